The maximum absolute atomic E-state index is 12.1. The van der Waals surface area contributed by atoms with Crippen LogP contribution in [0.1, 0.15) is 11.1 Å². The second kappa shape index (κ2) is 12.4. The standard InChI is InChI=1S/C27H20Cl2N2O3S/c28-22-11-9-20(25(29)18-22)10-13-23(32)12-6-19-7-14-24(15-8-19)33-16-17-35-27-31-30-26(34-27)21-4-2-1-3-5-21/h1-15,18H,16-17H2/b12-6+,13-10+. The van der Waals surface area contributed by atoms with Gasteiger partial charge in [0.2, 0.25) is 5.89 Å². The number of rotatable bonds is 10. The van der Waals surface area contributed by atoms with Crippen LogP contribution in [-0.4, -0.2) is 28.3 Å². The molecule has 1 aromatic heterocycles. The Hall–Kier alpha value is -3.32. The number of ketones is 1. The SMILES string of the molecule is O=C(/C=C/c1ccc(OCCSc2nnc(-c3ccccc3)o2)cc1)/C=C/c1ccc(Cl)cc1Cl. The molecule has 0 aliphatic carbocycles. The molecular formula is C27H20Cl2N2O3S. The molecule has 176 valence electrons. The van der Waals surface area contributed by atoms with Crippen LogP contribution in [0.4, 0.5) is 0 Å². The number of benzene rings is 3. The van der Waals surface area contributed by atoms with Gasteiger partial charge in [0.15, 0.2) is 5.78 Å². The Labute approximate surface area is 217 Å². The summed E-state index contributed by atoms with van der Waals surface area (Å²) >= 11 is 13.4. The maximum Gasteiger partial charge on any atom is 0.276 e. The van der Waals surface area contributed by atoms with Gasteiger partial charge >= 0.3 is 0 Å². The number of allylic oxidation sites excluding steroid dienone is 2. The van der Waals surface area contributed by atoms with Gasteiger partial charge in [-0.05, 0) is 65.8 Å². The number of thioether (sulfide) groups is 1. The molecule has 0 atom stereocenters. The Kier molecular flexibility index (Phi) is 8.79. The van der Waals surface area contributed by atoms with E-state index in [0.717, 1.165) is 22.4 Å². The molecule has 0 aliphatic rings. The van der Waals surface area contributed by atoms with E-state index in [1.165, 1.54) is 23.9 Å². The highest BCUT2D eigenvalue weighted by Crippen LogP contribution is 2.24. The molecule has 35 heavy (non-hydrogen) atoms. The van der Waals surface area contributed by atoms with Crippen LogP contribution in [0.25, 0.3) is 23.6 Å². The molecule has 1 heterocycles. The monoisotopic (exact) mass is 522 g/mol. The molecule has 0 unspecified atom stereocenters. The summed E-state index contributed by atoms with van der Waals surface area (Å²) in [5.41, 5.74) is 2.51. The first-order valence-electron chi connectivity index (χ1n) is 10.7. The molecule has 0 bridgehead atoms. The van der Waals surface area contributed by atoms with Crippen molar-refractivity contribution < 1.29 is 13.9 Å². The minimum Gasteiger partial charge on any atom is -0.493 e. The van der Waals surface area contributed by atoms with Crippen molar-refractivity contribution in [2.75, 3.05) is 12.4 Å². The molecule has 0 fully saturated rings. The fraction of sp³-hybridized carbons (Fsp3) is 0.0741. The van der Waals surface area contributed by atoms with Crippen molar-refractivity contribution in [2.45, 2.75) is 5.22 Å². The van der Waals surface area contributed by atoms with Crippen molar-refractivity contribution in [1.82, 2.24) is 10.2 Å². The van der Waals surface area contributed by atoms with Crippen LogP contribution < -0.4 is 4.74 Å². The van der Waals surface area contributed by atoms with E-state index in [-0.39, 0.29) is 5.78 Å². The zero-order chi connectivity index (χ0) is 24.5. The van der Waals surface area contributed by atoms with E-state index >= 15 is 0 Å². The third kappa shape index (κ3) is 7.59. The average molecular weight is 523 g/mol. The molecule has 0 spiro atoms. The zero-order valence-electron chi connectivity index (χ0n) is 18.4. The van der Waals surface area contributed by atoms with Gasteiger partial charge in [-0.15, -0.1) is 10.2 Å². The maximum atomic E-state index is 12.1. The minimum absolute atomic E-state index is 0.148. The molecule has 0 radical (unpaired) electrons. The Morgan fingerprint density at radius 3 is 2.49 bits per heavy atom. The van der Waals surface area contributed by atoms with Crippen molar-refractivity contribution in [3.05, 3.63) is 106 Å². The van der Waals surface area contributed by atoms with Crippen LogP contribution in [-0.2, 0) is 4.79 Å². The van der Waals surface area contributed by atoms with Crippen molar-refractivity contribution in [2.24, 2.45) is 0 Å². The third-order valence-corrected chi connectivity index (χ3v) is 6.06. The first-order valence-corrected chi connectivity index (χ1v) is 12.4. The van der Waals surface area contributed by atoms with Crippen molar-refractivity contribution in [1.29, 1.82) is 0 Å². The fourth-order valence-electron chi connectivity index (χ4n) is 2.97. The lowest BCUT2D eigenvalue weighted by atomic mass is 10.1. The highest BCUT2D eigenvalue weighted by Gasteiger charge is 2.08. The van der Waals surface area contributed by atoms with E-state index in [4.69, 9.17) is 32.4 Å². The van der Waals surface area contributed by atoms with E-state index in [0.29, 0.717) is 33.5 Å². The summed E-state index contributed by atoms with van der Waals surface area (Å²) < 4.78 is 11.4. The van der Waals surface area contributed by atoms with Crippen molar-refractivity contribution >= 4 is 52.9 Å². The first kappa shape index (κ1) is 24.8. The quantitative estimate of drug-likeness (QED) is 0.122. The van der Waals surface area contributed by atoms with Crippen LogP contribution in [0.2, 0.25) is 10.0 Å². The van der Waals surface area contributed by atoms with Gasteiger partial charge in [0.05, 0.1) is 6.61 Å². The number of nitrogens with zero attached hydrogens (tertiary/aromatic N) is 2. The largest absolute Gasteiger partial charge is 0.493 e. The van der Waals surface area contributed by atoms with Crippen LogP contribution in [0.15, 0.2) is 94.6 Å². The second-order valence-corrected chi connectivity index (χ2v) is 9.13. The van der Waals surface area contributed by atoms with Crippen LogP contribution >= 0.6 is 35.0 Å². The normalized spacial score (nSPS) is 11.4. The highest BCUT2D eigenvalue weighted by molar-refractivity contribution is 7.99. The summed E-state index contributed by atoms with van der Waals surface area (Å²) in [6.07, 6.45) is 6.38. The Morgan fingerprint density at radius 2 is 1.71 bits per heavy atom. The fourth-order valence-corrected chi connectivity index (χ4v) is 4.02. The lowest BCUT2D eigenvalue weighted by molar-refractivity contribution is -0.110. The van der Waals surface area contributed by atoms with Gasteiger partial charge in [0.25, 0.3) is 5.22 Å². The topological polar surface area (TPSA) is 65.2 Å². The summed E-state index contributed by atoms with van der Waals surface area (Å²) in [6, 6.07) is 22.3. The molecule has 4 rings (SSSR count). The number of aromatic nitrogens is 2. The molecular weight excluding hydrogens is 503 g/mol. The van der Waals surface area contributed by atoms with E-state index in [1.54, 1.807) is 30.4 Å². The van der Waals surface area contributed by atoms with Crippen molar-refractivity contribution in [3.63, 3.8) is 0 Å². The summed E-state index contributed by atoms with van der Waals surface area (Å²) in [4.78, 5) is 12.1. The Bertz CT molecular complexity index is 1340. The molecule has 0 saturated carbocycles. The van der Waals surface area contributed by atoms with Gasteiger partial charge in [-0.25, -0.2) is 0 Å². The van der Waals surface area contributed by atoms with Gasteiger partial charge in [0, 0.05) is 21.4 Å². The van der Waals surface area contributed by atoms with Gasteiger partial charge in [-0.1, -0.05) is 77.4 Å². The molecule has 0 aliphatic heterocycles. The van der Waals surface area contributed by atoms with Crippen LogP contribution in [0.5, 0.6) is 5.75 Å². The minimum atomic E-state index is -0.148. The number of carbonyl (C=O) groups is 1. The summed E-state index contributed by atoms with van der Waals surface area (Å²) in [5.74, 6) is 1.75. The van der Waals surface area contributed by atoms with Gasteiger partial charge in [-0.3, -0.25) is 4.79 Å². The number of carbonyl (C=O) groups excluding carboxylic acids is 1. The van der Waals surface area contributed by atoms with E-state index in [2.05, 4.69) is 10.2 Å². The van der Waals surface area contributed by atoms with Gasteiger partial charge in [-0.2, -0.15) is 0 Å². The molecule has 4 aromatic rings. The predicted molar refractivity (Wildman–Crippen MR) is 142 cm³/mol. The molecule has 8 heteroatoms. The van der Waals surface area contributed by atoms with Gasteiger partial charge < -0.3 is 9.15 Å². The van der Waals surface area contributed by atoms with E-state index in [9.17, 15) is 4.79 Å². The molecule has 5 nitrogen and oxygen atoms in total. The number of hydrogen-bond donors (Lipinski definition) is 0. The smallest absolute Gasteiger partial charge is 0.276 e. The van der Waals surface area contributed by atoms with Crippen molar-refractivity contribution in [3.8, 4) is 17.2 Å². The predicted octanol–water partition coefficient (Wildman–Crippen LogP) is 7.51. The zero-order valence-corrected chi connectivity index (χ0v) is 20.8. The number of halogens is 2. The second-order valence-electron chi connectivity index (χ2n) is 7.24. The summed E-state index contributed by atoms with van der Waals surface area (Å²) in [6.45, 7) is 0.486. The van der Waals surface area contributed by atoms with Crippen LogP contribution in [0, 0.1) is 0 Å². The Balaban J connectivity index is 1.21. The van der Waals surface area contributed by atoms with Crippen LogP contribution in [0.3, 0.4) is 0 Å². The number of ether oxygens (including phenoxy) is 1. The summed E-state index contributed by atoms with van der Waals surface area (Å²) in [5, 5.41) is 9.68. The molecule has 0 amide bonds. The lowest BCUT2D eigenvalue weighted by Gasteiger charge is -2.05. The molecule has 0 saturated heterocycles. The van der Waals surface area contributed by atoms with Gasteiger partial charge in [0.1, 0.15) is 5.75 Å². The molecule has 3 aromatic carbocycles. The lowest BCUT2D eigenvalue weighted by Crippen LogP contribution is -1.99. The summed E-state index contributed by atoms with van der Waals surface area (Å²) in [7, 11) is 0. The third-order valence-electron chi connectivity index (χ3n) is 4.71. The van der Waals surface area contributed by atoms with E-state index in [1.807, 2.05) is 54.6 Å². The average Bonchev–Trinajstić information content (AvgIpc) is 3.35. The Morgan fingerprint density at radius 1 is 0.943 bits per heavy atom. The number of hydrogen-bond acceptors (Lipinski definition) is 6. The highest BCUT2D eigenvalue weighted by atomic mass is 35.5. The molecule has 0 N–H and O–H groups in total. The first-order chi connectivity index (χ1) is 17.1. The van der Waals surface area contributed by atoms with E-state index < -0.39 is 0 Å².